The number of ether oxygens (including phenoxy) is 2. The highest BCUT2D eigenvalue weighted by molar-refractivity contribution is 5.94. The molecule has 6 nitrogen and oxygen atoms in total. The summed E-state index contributed by atoms with van der Waals surface area (Å²) in [4.78, 5) is 17.7. The van der Waals surface area contributed by atoms with Gasteiger partial charge in [0, 0.05) is 12.1 Å². The van der Waals surface area contributed by atoms with Gasteiger partial charge in [0.25, 0.3) is 5.91 Å². The number of aromatic nitrogens is 2. The lowest BCUT2D eigenvalue weighted by Crippen LogP contribution is -2.28. The Morgan fingerprint density at radius 2 is 1.67 bits per heavy atom. The number of imidazole rings is 1. The monoisotopic (exact) mass is 485 g/mol. The summed E-state index contributed by atoms with van der Waals surface area (Å²) in [6, 6.07) is 23.2. The van der Waals surface area contributed by atoms with Crippen LogP contribution >= 0.6 is 0 Å². The first-order valence-electron chi connectivity index (χ1n) is 12.6. The molecule has 1 aromatic heterocycles. The molecular weight excluding hydrogens is 450 g/mol. The largest absolute Gasteiger partial charge is 0.497 e. The molecule has 4 aromatic rings. The van der Waals surface area contributed by atoms with Crippen LogP contribution in [-0.2, 0) is 6.54 Å². The Hall–Kier alpha value is -3.80. The first-order valence-corrected chi connectivity index (χ1v) is 12.6. The molecule has 1 N–H and O–H groups in total. The van der Waals surface area contributed by atoms with E-state index in [0.29, 0.717) is 18.1 Å². The summed E-state index contributed by atoms with van der Waals surface area (Å²) in [7, 11) is 1.61. The number of hydrogen-bond acceptors (Lipinski definition) is 4. The second kappa shape index (κ2) is 11.8. The van der Waals surface area contributed by atoms with Crippen LogP contribution in [0.2, 0.25) is 0 Å². The molecule has 0 aliphatic rings. The van der Waals surface area contributed by atoms with Gasteiger partial charge in [0.1, 0.15) is 17.3 Å². The lowest BCUT2D eigenvalue weighted by atomic mass is 10.0. The fourth-order valence-corrected chi connectivity index (χ4v) is 4.39. The maximum absolute atomic E-state index is 12.9. The highest BCUT2D eigenvalue weighted by Gasteiger charge is 2.19. The number of para-hydroxylation sites is 3. The minimum atomic E-state index is -0.249. The van der Waals surface area contributed by atoms with Crippen LogP contribution in [0, 0.1) is 0 Å². The normalized spacial score (nSPS) is 12.0. The van der Waals surface area contributed by atoms with Gasteiger partial charge >= 0.3 is 0 Å². The van der Waals surface area contributed by atoms with Crippen molar-refractivity contribution in [2.24, 2.45) is 0 Å². The molecule has 4 rings (SSSR count). The minimum Gasteiger partial charge on any atom is -0.497 e. The number of unbranched alkanes of at least 4 members (excludes halogenated alkanes) is 1. The Kier molecular flexibility index (Phi) is 8.26. The van der Waals surface area contributed by atoms with E-state index in [1.54, 1.807) is 31.4 Å². The average Bonchev–Trinajstić information content (AvgIpc) is 3.27. The van der Waals surface area contributed by atoms with Gasteiger partial charge in [0.2, 0.25) is 0 Å². The molecule has 1 amide bonds. The number of carbonyl (C=O) groups excluding carboxylic acids is 1. The number of carbonyl (C=O) groups is 1. The zero-order valence-corrected chi connectivity index (χ0v) is 21.5. The summed E-state index contributed by atoms with van der Waals surface area (Å²) in [6.45, 7) is 7.80. The number of hydrogen-bond donors (Lipinski definition) is 1. The summed E-state index contributed by atoms with van der Waals surface area (Å²) in [5, 5.41) is 3.10. The van der Waals surface area contributed by atoms with Crippen LogP contribution in [0.25, 0.3) is 11.0 Å². The minimum absolute atomic E-state index is 0.138. The van der Waals surface area contributed by atoms with Gasteiger partial charge < -0.3 is 19.4 Å². The second-order valence-corrected chi connectivity index (χ2v) is 9.28. The Labute approximate surface area is 213 Å². The first kappa shape index (κ1) is 25.3. The third-order valence-electron chi connectivity index (χ3n) is 6.35. The molecule has 1 atom stereocenters. The van der Waals surface area contributed by atoms with Gasteiger partial charge in [-0.3, -0.25) is 4.79 Å². The van der Waals surface area contributed by atoms with Gasteiger partial charge in [-0.1, -0.05) is 44.2 Å². The number of aryl methyl sites for hydroxylation is 1. The number of benzene rings is 3. The van der Waals surface area contributed by atoms with Crippen LogP contribution in [-0.4, -0.2) is 29.2 Å². The number of nitrogens with zero attached hydrogens (tertiary/aromatic N) is 2. The van der Waals surface area contributed by atoms with E-state index in [1.165, 1.54) is 5.56 Å². The quantitative estimate of drug-likeness (QED) is 0.246. The third-order valence-corrected chi connectivity index (χ3v) is 6.35. The van der Waals surface area contributed by atoms with Crippen LogP contribution < -0.4 is 14.8 Å². The van der Waals surface area contributed by atoms with Crippen molar-refractivity contribution >= 4 is 16.9 Å². The number of fused-ring (bicyclic) bond motifs is 1. The van der Waals surface area contributed by atoms with E-state index in [-0.39, 0.29) is 11.9 Å². The zero-order valence-electron chi connectivity index (χ0n) is 21.5. The van der Waals surface area contributed by atoms with E-state index in [4.69, 9.17) is 14.5 Å². The molecule has 1 unspecified atom stereocenters. The molecule has 3 aromatic carbocycles. The van der Waals surface area contributed by atoms with Crippen LogP contribution in [0.15, 0.2) is 72.8 Å². The van der Waals surface area contributed by atoms with E-state index in [1.807, 2.05) is 37.3 Å². The van der Waals surface area contributed by atoms with E-state index >= 15 is 0 Å². The Balaban J connectivity index is 1.41. The molecule has 0 radical (unpaired) electrons. The maximum Gasteiger partial charge on any atom is 0.251 e. The van der Waals surface area contributed by atoms with Crippen LogP contribution in [0.5, 0.6) is 11.5 Å². The number of methoxy groups -OCH3 is 1. The predicted octanol–water partition coefficient (Wildman–Crippen LogP) is 6.52. The van der Waals surface area contributed by atoms with E-state index in [9.17, 15) is 4.79 Å². The SMILES string of the molecule is COc1ccc(C(=O)NC(C)c2nc3ccccc3n2CCCCOc2ccccc2C(C)C)cc1. The smallest absolute Gasteiger partial charge is 0.251 e. The lowest BCUT2D eigenvalue weighted by Gasteiger charge is -2.17. The third kappa shape index (κ3) is 5.88. The van der Waals surface area contributed by atoms with E-state index in [2.05, 4.69) is 41.9 Å². The van der Waals surface area contributed by atoms with Crippen molar-refractivity contribution in [2.75, 3.05) is 13.7 Å². The standard InChI is InChI=1S/C30H35N3O3/c1-21(2)25-11-5-8-14-28(25)36-20-10-9-19-33-27-13-7-6-12-26(27)32-29(33)22(3)31-30(34)23-15-17-24(35-4)18-16-23/h5-8,11-18,21-22H,9-10,19-20H2,1-4H3,(H,31,34). The fraction of sp³-hybridized carbons (Fsp3) is 0.333. The van der Waals surface area contributed by atoms with Gasteiger partial charge in [0.15, 0.2) is 0 Å². The second-order valence-electron chi connectivity index (χ2n) is 9.28. The summed E-state index contributed by atoms with van der Waals surface area (Å²) in [5.74, 6) is 2.83. The van der Waals surface area contributed by atoms with Gasteiger partial charge in [-0.25, -0.2) is 4.98 Å². The van der Waals surface area contributed by atoms with Gasteiger partial charge in [-0.2, -0.15) is 0 Å². The van der Waals surface area contributed by atoms with Gasteiger partial charge in [-0.15, -0.1) is 0 Å². The summed E-state index contributed by atoms with van der Waals surface area (Å²) >= 11 is 0. The van der Waals surface area contributed by atoms with E-state index in [0.717, 1.165) is 47.7 Å². The molecule has 0 saturated carbocycles. The molecule has 0 fully saturated rings. The topological polar surface area (TPSA) is 65.4 Å². The zero-order chi connectivity index (χ0) is 25.5. The Morgan fingerprint density at radius 1 is 0.944 bits per heavy atom. The van der Waals surface area contributed by atoms with E-state index < -0.39 is 0 Å². The highest BCUT2D eigenvalue weighted by Crippen LogP contribution is 2.26. The molecule has 0 aliphatic heterocycles. The Bertz CT molecular complexity index is 1290. The fourth-order valence-electron chi connectivity index (χ4n) is 4.39. The van der Waals surface area contributed by atoms with Gasteiger partial charge in [0.05, 0.1) is 30.8 Å². The molecule has 6 heteroatoms. The molecule has 188 valence electrons. The van der Waals surface area contributed by atoms with Crippen molar-refractivity contribution in [2.45, 2.75) is 52.1 Å². The van der Waals surface area contributed by atoms with Crippen molar-refractivity contribution in [3.63, 3.8) is 0 Å². The van der Waals surface area contributed by atoms with Crippen molar-refractivity contribution < 1.29 is 14.3 Å². The maximum atomic E-state index is 12.9. The summed E-state index contributed by atoms with van der Waals surface area (Å²) in [6.07, 6.45) is 1.86. The van der Waals surface area contributed by atoms with Crippen molar-refractivity contribution in [1.82, 2.24) is 14.9 Å². The first-order chi connectivity index (χ1) is 17.5. The average molecular weight is 486 g/mol. The summed E-state index contributed by atoms with van der Waals surface area (Å²) in [5.41, 5.74) is 3.83. The van der Waals surface area contributed by atoms with Crippen molar-refractivity contribution in [1.29, 1.82) is 0 Å². The molecule has 0 bridgehead atoms. The Morgan fingerprint density at radius 3 is 2.42 bits per heavy atom. The van der Waals surface area contributed by atoms with Gasteiger partial charge in [-0.05, 0) is 73.7 Å². The predicted molar refractivity (Wildman–Crippen MR) is 144 cm³/mol. The molecule has 36 heavy (non-hydrogen) atoms. The number of amides is 1. The molecule has 1 heterocycles. The summed E-state index contributed by atoms with van der Waals surface area (Å²) < 4.78 is 13.5. The highest BCUT2D eigenvalue weighted by atomic mass is 16.5. The van der Waals surface area contributed by atoms with Crippen molar-refractivity contribution in [3.8, 4) is 11.5 Å². The van der Waals surface area contributed by atoms with Crippen LogP contribution in [0.3, 0.4) is 0 Å². The lowest BCUT2D eigenvalue weighted by molar-refractivity contribution is 0.0937. The molecule has 0 saturated heterocycles. The number of rotatable bonds is 11. The number of nitrogens with one attached hydrogen (secondary N) is 1. The molecule has 0 aliphatic carbocycles. The van der Waals surface area contributed by atoms with Crippen LogP contribution in [0.4, 0.5) is 0 Å². The van der Waals surface area contributed by atoms with Crippen molar-refractivity contribution in [3.05, 3.63) is 89.7 Å². The molecular formula is C30H35N3O3. The molecule has 0 spiro atoms. The van der Waals surface area contributed by atoms with Crippen LogP contribution in [0.1, 0.15) is 67.3 Å².